The van der Waals surface area contributed by atoms with Crippen molar-refractivity contribution < 1.29 is 0 Å². The van der Waals surface area contributed by atoms with Gasteiger partial charge in [0.15, 0.2) is 0 Å². The summed E-state index contributed by atoms with van der Waals surface area (Å²) < 4.78 is 1.85. The summed E-state index contributed by atoms with van der Waals surface area (Å²) in [5.41, 5.74) is 3.63. The van der Waals surface area contributed by atoms with Gasteiger partial charge in [-0.15, -0.1) is 0 Å². The lowest BCUT2D eigenvalue weighted by Gasteiger charge is -2.15. The van der Waals surface area contributed by atoms with E-state index < -0.39 is 0 Å². The van der Waals surface area contributed by atoms with Gasteiger partial charge in [-0.3, -0.25) is 9.48 Å². The average Bonchev–Trinajstić information content (AvgIpc) is 3.30. The van der Waals surface area contributed by atoms with E-state index in [1.54, 1.807) is 13.1 Å². The number of nitrogens with one attached hydrogen (secondary N) is 1. The van der Waals surface area contributed by atoms with Crippen LogP contribution in [0, 0.1) is 6.92 Å². The third-order valence-corrected chi connectivity index (χ3v) is 5.00. The number of benzene rings is 1. The fourth-order valence-corrected chi connectivity index (χ4v) is 3.45. The molecule has 2 aromatic heterocycles. The molecule has 1 N–H and O–H groups in total. The lowest BCUT2D eigenvalue weighted by molar-refractivity contribution is 0.564. The van der Waals surface area contributed by atoms with Crippen LogP contribution in [-0.4, -0.2) is 19.7 Å². The molecule has 0 saturated heterocycles. The van der Waals surface area contributed by atoms with Gasteiger partial charge in [-0.1, -0.05) is 23.7 Å². The van der Waals surface area contributed by atoms with Crippen LogP contribution in [0.1, 0.15) is 48.7 Å². The second-order valence-corrected chi connectivity index (χ2v) is 7.06. The second-order valence-electron chi connectivity index (χ2n) is 6.66. The third-order valence-electron chi connectivity index (χ3n) is 4.68. The van der Waals surface area contributed by atoms with Gasteiger partial charge in [-0.25, -0.2) is 4.98 Å². The predicted molar refractivity (Wildman–Crippen MR) is 98.1 cm³/mol. The van der Waals surface area contributed by atoms with Gasteiger partial charge in [-0.2, -0.15) is 5.10 Å². The van der Waals surface area contributed by atoms with Crippen molar-refractivity contribution in [2.75, 3.05) is 0 Å². The van der Waals surface area contributed by atoms with E-state index in [9.17, 15) is 4.79 Å². The van der Waals surface area contributed by atoms with Crippen molar-refractivity contribution >= 4 is 11.6 Å². The van der Waals surface area contributed by atoms with Crippen LogP contribution < -0.4 is 5.56 Å². The van der Waals surface area contributed by atoms with E-state index >= 15 is 0 Å². The van der Waals surface area contributed by atoms with Gasteiger partial charge >= 0.3 is 0 Å². The maximum atomic E-state index is 11.6. The Morgan fingerprint density at radius 1 is 1.32 bits per heavy atom. The minimum absolute atomic E-state index is 0.00223. The summed E-state index contributed by atoms with van der Waals surface area (Å²) >= 11 is 6.51. The van der Waals surface area contributed by atoms with E-state index in [1.165, 1.54) is 24.5 Å². The van der Waals surface area contributed by atoms with Crippen molar-refractivity contribution in [1.29, 1.82) is 0 Å². The number of hydrogen-bond acceptors (Lipinski definition) is 3. The third kappa shape index (κ3) is 3.24. The topological polar surface area (TPSA) is 63.6 Å². The van der Waals surface area contributed by atoms with Gasteiger partial charge in [0.25, 0.3) is 5.56 Å². The van der Waals surface area contributed by atoms with E-state index in [-0.39, 0.29) is 11.6 Å². The van der Waals surface area contributed by atoms with Crippen molar-refractivity contribution in [3.63, 3.8) is 0 Å². The SMILES string of the molecule is Cc1nc(-c2cnn(C(C)c3ccc(C4CC4)cc3Cl)c2)cc(=O)[nH]1. The van der Waals surface area contributed by atoms with Crippen molar-refractivity contribution in [1.82, 2.24) is 19.7 Å². The molecule has 5 nitrogen and oxygen atoms in total. The molecule has 1 saturated carbocycles. The molecule has 25 heavy (non-hydrogen) atoms. The van der Waals surface area contributed by atoms with Gasteiger partial charge in [0, 0.05) is 22.8 Å². The van der Waals surface area contributed by atoms with Gasteiger partial charge in [0.05, 0.1) is 17.9 Å². The molecule has 1 unspecified atom stereocenters. The first-order chi connectivity index (χ1) is 12.0. The highest BCUT2D eigenvalue weighted by Crippen LogP contribution is 2.41. The fraction of sp³-hybridized carbons (Fsp3) is 0.316. The molecule has 1 aliphatic carbocycles. The zero-order chi connectivity index (χ0) is 17.6. The molecule has 2 heterocycles. The van der Waals surface area contributed by atoms with Gasteiger partial charge < -0.3 is 4.98 Å². The monoisotopic (exact) mass is 354 g/mol. The van der Waals surface area contributed by atoms with E-state index in [4.69, 9.17) is 11.6 Å². The van der Waals surface area contributed by atoms with Crippen molar-refractivity contribution in [3.8, 4) is 11.3 Å². The Bertz CT molecular complexity index is 987. The number of rotatable bonds is 4. The summed E-state index contributed by atoms with van der Waals surface area (Å²) in [6.07, 6.45) is 6.15. The lowest BCUT2D eigenvalue weighted by Crippen LogP contribution is -2.09. The average molecular weight is 355 g/mol. The van der Waals surface area contributed by atoms with Crippen molar-refractivity contribution in [2.45, 2.75) is 38.6 Å². The van der Waals surface area contributed by atoms with Crippen LogP contribution in [0.2, 0.25) is 5.02 Å². The minimum Gasteiger partial charge on any atom is -0.311 e. The van der Waals surface area contributed by atoms with Crippen LogP contribution in [0.25, 0.3) is 11.3 Å². The Labute approximate surface area is 150 Å². The number of hydrogen-bond donors (Lipinski definition) is 1. The van der Waals surface area contributed by atoms with Crippen LogP contribution in [0.4, 0.5) is 0 Å². The molecular formula is C19H19ClN4O. The zero-order valence-corrected chi connectivity index (χ0v) is 14.9. The Morgan fingerprint density at radius 3 is 2.80 bits per heavy atom. The number of aryl methyl sites for hydroxylation is 1. The molecule has 0 bridgehead atoms. The maximum Gasteiger partial charge on any atom is 0.251 e. The standard InChI is InChI=1S/C19H19ClN4O/c1-11(16-6-5-14(7-17(16)20)13-3-4-13)24-10-15(9-21-24)18-8-19(25)23-12(2)22-18/h5-11,13H,3-4H2,1-2H3,(H,22,23,25). The Hall–Kier alpha value is -2.40. The summed E-state index contributed by atoms with van der Waals surface area (Å²) in [7, 11) is 0. The van der Waals surface area contributed by atoms with Gasteiger partial charge in [0.1, 0.15) is 5.82 Å². The van der Waals surface area contributed by atoms with Crippen molar-refractivity contribution in [3.05, 3.63) is 69.0 Å². The summed E-state index contributed by atoms with van der Waals surface area (Å²) in [6, 6.07) is 7.82. The summed E-state index contributed by atoms with van der Waals surface area (Å²) in [4.78, 5) is 18.7. The predicted octanol–water partition coefficient (Wildman–Crippen LogP) is 4.08. The van der Waals surface area contributed by atoms with E-state index in [1.807, 2.05) is 10.9 Å². The molecule has 0 aliphatic heterocycles. The molecule has 128 valence electrons. The quantitative estimate of drug-likeness (QED) is 0.767. The van der Waals surface area contributed by atoms with E-state index in [0.29, 0.717) is 17.4 Å². The number of aromatic amines is 1. The highest BCUT2D eigenvalue weighted by molar-refractivity contribution is 6.31. The number of aromatic nitrogens is 4. The van der Waals surface area contributed by atoms with Crippen molar-refractivity contribution in [2.24, 2.45) is 0 Å². The summed E-state index contributed by atoms with van der Waals surface area (Å²) in [5, 5.41) is 5.22. The normalized spacial score (nSPS) is 15.3. The van der Waals surface area contributed by atoms with E-state index in [2.05, 4.69) is 40.2 Å². The number of halogens is 1. The van der Waals surface area contributed by atoms with Crippen LogP contribution in [0.3, 0.4) is 0 Å². The molecule has 0 amide bonds. The van der Waals surface area contributed by atoms with Crippen LogP contribution in [0.5, 0.6) is 0 Å². The zero-order valence-electron chi connectivity index (χ0n) is 14.2. The lowest BCUT2D eigenvalue weighted by atomic mass is 10.0. The summed E-state index contributed by atoms with van der Waals surface area (Å²) in [5.74, 6) is 1.27. The minimum atomic E-state index is -0.165. The first-order valence-corrected chi connectivity index (χ1v) is 8.81. The van der Waals surface area contributed by atoms with Crippen LogP contribution in [-0.2, 0) is 0 Å². The van der Waals surface area contributed by atoms with Crippen LogP contribution in [0.15, 0.2) is 41.5 Å². The van der Waals surface area contributed by atoms with E-state index in [0.717, 1.165) is 16.1 Å². The molecule has 6 heteroatoms. The number of H-pyrrole nitrogens is 1. The fourth-order valence-electron chi connectivity index (χ4n) is 3.10. The smallest absolute Gasteiger partial charge is 0.251 e. The maximum absolute atomic E-state index is 11.6. The molecule has 0 spiro atoms. The van der Waals surface area contributed by atoms with Crippen LogP contribution >= 0.6 is 11.6 Å². The largest absolute Gasteiger partial charge is 0.311 e. The molecule has 4 rings (SSSR count). The van der Waals surface area contributed by atoms with Gasteiger partial charge in [0.2, 0.25) is 0 Å². The summed E-state index contributed by atoms with van der Waals surface area (Å²) in [6.45, 7) is 3.82. The molecular weight excluding hydrogens is 336 g/mol. The molecule has 3 aromatic rings. The molecule has 1 atom stereocenters. The van der Waals surface area contributed by atoms with Gasteiger partial charge in [-0.05, 0) is 49.8 Å². The molecule has 0 radical (unpaired) electrons. The highest BCUT2D eigenvalue weighted by Gasteiger charge is 2.24. The number of nitrogens with zero attached hydrogens (tertiary/aromatic N) is 3. The second kappa shape index (κ2) is 6.15. The molecule has 1 fully saturated rings. The first kappa shape index (κ1) is 16.1. The Kier molecular flexibility index (Phi) is 3.96. The Morgan fingerprint density at radius 2 is 2.12 bits per heavy atom. The molecule has 1 aromatic carbocycles. The Balaban J connectivity index is 1.64. The first-order valence-electron chi connectivity index (χ1n) is 8.43. The highest BCUT2D eigenvalue weighted by atomic mass is 35.5. The molecule has 1 aliphatic rings.